The molecule has 2 aromatic rings. The third kappa shape index (κ3) is 3.77. The highest BCUT2D eigenvalue weighted by Gasteiger charge is 2.22. The van der Waals surface area contributed by atoms with E-state index in [2.05, 4.69) is 6.92 Å². The molecule has 0 saturated carbocycles. The zero-order valence-corrected chi connectivity index (χ0v) is 13.0. The summed E-state index contributed by atoms with van der Waals surface area (Å²) >= 11 is 0. The maximum atomic E-state index is 12.4. The van der Waals surface area contributed by atoms with E-state index in [-0.39, 0.29) is 0 Å². The summed E-state index contributed by atoms with van der Waals surface area (Å²) in [6.45, 7) is 2.07. The SMILES string of the molecule is CCc1cccc(ON(C(=O)N(C)OC)c2ccccc2)c1. The minimum Gasteiger partial charge on any atom is -0.370 e. The fourth-order valence-electron chi connectivity index (χ4n) is 1.90. The van der Waals surface area contributed by atoms with E-state index in [4.69, 9.17) is 9.68 Å². The van der Waals surface area contributed by atoms with Crippen molar-refractivity contribution in [1.29, 1.82) is 0 Å². The Balaban J connectivity index is 2.30. The van der Waals surface area contributed by atoms with Crippen molar-refractivity contribution in [2.45, 2.75) is 13.3 Å². The van der Waals surface area contributed by atoms with Crippen LogP contribution in [-0.2, 0) is 11.3 Å². The Morgan fingerprint density at radius 1 is 1.09 bits per heavy atom. The maximum absolute atomic E-state index is 12.4. The summed E-state index contributed by atoms with van der Waals surface area (Å²) < 4.78 is 0. The zero-order chi connectivity index (χ0) is 15.9. The lowest BCUT2D eigenvalue weighted by Crippen LogP contribution is -2.43. The van der Waals surface area contributed by atoms with Crippen LogP contribution in [0.4, 0.5) is 10.5 Å². The number of carbonyl (C=O) groups is 1. The normalized spacial score (nSPS) is 10.1. The lowest BCUT2D eigenvalue weighted by molar-refractivity contribution is -0.0669. The highest BCUT2D eigenvalue weighted by atomic mass is 16.7. The molecule has 0 bridgehead atoms. The first kappa shape index (κ1) is 15.9. The van der Waals surface area contributed by atoms with E-state index in [1.165, 1.54) is 19.2 Å². The maximum Gasteiger partial charge on any atom is 0.381 e. The molecule has 0 N–H and O–H groups in total. The number of para-hydroxylation sites is 1. The minimum atomic E-state index is -0.421. The van der Waals surface area contributed by atoms with Crippen LogP contribution in [0.15, 0.2) is 54.6 Å². The Bertz CT molecular complexity index is 616. The molecule has 5 heteroatoms. The van der Waals surface area contributed by atoms with Crippen LogP contribution >= 0.6 is 0 Å². The van der Waals surface area contributed by atoms with Gasteiger partial charge in [-0.1, -0.05) is 37.3 Å². The second-order valence-corrected chi connectivity index (χ2v) is 4.68. The predicted octanol–water partition coefficient (Wildman–Crippen LogP) is 3.66. The van der Waals surface area contributed by atoms with Gasteiger partial charge in [-0.25, -0.2) is 9.86 Å². The van der Waals surface area contributed by atoms with Gasteiger partial charge < -0.3 is 4.84 Å². The molecule has 2 rings (SSSR count). The largest absolute Gasteiger partial charge is 0.381 e. The summed E-state index contributed by atoms with van der Waals surface area (Å²) in [6, 6.07) is 16.4. The lowest BCUT2D eigenvalue weighted by atomic mass is 10.2. The number of anilines is 1. The summed E-state index contributed by atoms with van der Waals surface area (Å²) in [5.41, 5.74) is 1.76. The van der Waals surface area contributed by atoms with Crippen molar-refractivity contribution in [1.82, 2.24) is 5.06 Å². The van der Waals surface area contributed by atoms with Gasteiger partial charge in [0.15, 0.2) is 5.75 Å². The second kappa shape index (κ2) is 7.47. The van der Waals surface area contributed by atoms with Gasteiger partial charge in [-0.05, 0) is 36.2 Å². The molecule has 0 aliphatic carbocycles. The fourth-order valence-corrected chi connectivity index (χ4v) is 1.90. The van der Waals surface area contributed by atoms with Gasteiger partial charge in [0, 0.05) is 7.05 Å². The van der Waals surface area contributed by atoms with Crippen LogP contribution in [0.5, 0.6) is 5.75 Å². The smallest absolute Gasteiger partial charge is 0.370 e. The standard InChI is InChI=1S/C17H20N2O3/c1-4-14-9-8-12-16(13-14)22-19(17(20)18(2)21-3)15-10-6-5-7-11-15/h5-13H,4H2,1-3H3. The number of nitrogens with zero attached hydrogens (tertiary/aromatic N) is 2. The summed E-state index contributed by atoms with van der Waals surface area (Å²) in [5, 5.41) is 2.31. The first-order chi connectivity index (χ1) is 10.7. The van der Waals surface area contributed by atoms with Gasteiger partial charge in [0.1, 0.15) is 0 Å². The van der Waals surface area contributed by atoms with Crippen molar-refractivity contribution in [3.8, 4) is 5.75 Å². The van der Waals surface area contributed by atoms with Crippen molar-refractivity contribution in [2.24, 2.45) is 0 Å². The molecule has 0 aliphatic rings. The Kier molecular flexibility index (Phi) is 5.38. The van der Waals surface area contributed by atoms with E-state index >= 15 is 0 Å². The monoisotopic (exact) mass is 300 g/mol. The molecule has 0 radical (unpaired) electrons. The van der Waals surface area contributed by atoms with E-state index in [1.54, 1.807) is 12.1 Å². The van der Waals surface area contributed by atoms with Crippen molar-refractivity contribution >= 4 is 11.7 Å². The minimum absolute atomic E-state index is 0.421. The number of aryl methyl sites for hydroxylation is 1. The summed E-state index contributed by atoms with van der Waals surface area (Å²) in [7, 11) is 2.96. The van der Waals surface area contributed by atoms with Crippen molar-refractivity contribution in [3.05, 3.63) is 60.2 Å². The number of hydroxylamine groups is 3. The molecule has 0 unspecified atom stereocenters. The number of benzene rings is 2. The summed E-state index contributed by atoms with van der Waals surface area (Å²) in [5.74, 6) is 0.598. The summed E-state index contributed by atoms with van der Waals surface area (Å²) in [6.07, 6.45) is 0.897. The Labute approximate surface area is 130 Å². The average Bonchev–Trinajstić information content (AvgIpc) is 2.59. The topological polar surface area (TPSA) is 42.0 Å². The quantitative estimate of drug-likeness (QED) is 0.791. The molecule has 0 saturated heterocycles. The molecule has 0 spiro atoms. The van der Waals surface area contributed by atoms with Crippen molar-refractivity contribution in [2.75, 3.05) is 19.2 Å². The van der Waals surface area contributed by atoms with Crippen LogP contribution in [0.1, 0.15) is 12.5 Å². The molecule has 0 atom stereocenters. The summed E-state index contributed by atoms with van der Waals surface area (Å²) in [4.78, 5) is 23.2. The molecule has 0 fully saturated rings. The number of urea groups is 1. The molecule has 5 nitrogen and oxygen atoms in total. The Morgan fingerprint density at radius 3 is 2.45 bits per heavy atom. The van der Waals surface area contributed by atoms with Gasteiger partial charge in [0.2, 0.25) is 0 Å². The number of rotatable bonds is 5. The third-order valence-corrected chi connectivity index (χ3v) is 3.21. The van der Waals surface area contributed by atoms with Crippen LogP contribution in [0.25, 0.3) is 0 Å². The van der Waals surface area contributed by atoms with Crippen LogP contribution in [0.2, 0.25) is 0 Å². The molecule has 0 aliphatic heterocycles. The lowest BCUT2D eigenvalue weighted by Gasteiger charge is -2.26. The van der Waals surface area contributed by atoms with E-state index in [1.807, 2.05) is 42.5 Å². The van der Waals surface area contributed by atoms with Crippen molar-refractivity contribution in [3.63, 3.8) is 0 Å². The molecular weight excluding hydrogens is 280 g/mol. The van der Waals surface area contributed by atoms with Gasteiger partial charge in [0.05, 0.1) is 12.8 Å². The van der Waals surface area contributed by atoms with Crippen molar-refractivity contribution < 1.29 is 14.5 Å². The van der Waals surface area contributed by atoms with E-state index in [0.717, 1.165) is 17.0 Å². The fraction of sp³-hybridized carbons (Fsp3) is 0.235. The third-order valence-electron chi connectivity index (χ3n) is 3.21. The second-order valence-electron chi connectivity index (χ2n) is 4.68. The number of amides is 2. The van der Waals surface area contributed by atoms with Crippen LogP contribution < -0.4 is 9.90 Å². The molecule has 2 amide bonds. The molecule has 22 heavy (non-hydrogen) atoms. The molecular formula is C17H20N2O3. The molecule has 0 heterocycles. The van der Waals surface area contributed by atoms with E-state index in [0.29, 0.717) is 11.4 Å². The number of carbonyl (C=O) groups excluding carboxylic acids is 1. The number of hydrogen-bond acceptors (Lipinski definition) is 3. The van der Waals surface area contributed by atoms with Crippen LogP contribution in [0, 0.1) is 0 Å². The molecule has 116 valence electrons. The van der Waals surface area contributed by atoms with Gasteiger partial charge in [-0.3, -0.25) is 4.84 Å². The zero-order valence-electron chi connectivity index (χ0n) is 13.0. The van der Waals surface area contributed by atoms with Gasteiger partial charge in [-0.15, -0.1) is 5.06 Å². The van der Waals surface area contributed by atoms with E-state index < -0.39 is 6.03 Å². The van der Waals surface area contributed by atoms with Gasteiger partial charge >= 0.3 is 6.03 Å². The average molecular weight is 300 g/mol. The molecule has 2 aromatic carbocycles. The first-order valence-corrected chi connectivity index (χ1v) is 7.09. The van der Waals surface area contributed by atoms with Gasteiger partial charge in [0.25, 0.3) is 0 Å². The van der Waals surface area contributed by atoms with E-state index in [9.17, 15) is 4.79 Å². The first-order valence-electron chi connectivity index (χ1n) is 7.09. The Hall–Kier alpha value is -2.53. The Morgan fingerprint density at radius 2 is 1.82 bits per heavy atom. The van der Waals surface area contributed by atoms with Crippen LogP contribution in [0.3, 0.4) is 0 Å². The molecule has 0 aromatic heterocycles. The predicted molar refractivity (Wildman–Crippen MR) is 85.5 cm³/mol. The highest BCUT2D eigenvalue weighted by Crippen LogP contribution is 2.21. The van der Waals surface area contributed by atoms with Crippen LogP contribution in [-0.4, -0.2) is 25.3 Å². The van der Waals surface area contributed by atoms with Gasteiger partial charge in [-0.2, -0.15) is 0 Å². The highest BCUT2D eigenvalue weighted by molar-refractivity contribution is 5.89. The number of hydrogen-bond donors (Lipinski definition) is 0.